The first-order valence-corrected chi connectivity index (χ1v) is 8.94. The Bertz CT molecular complexity index is 600. The highest BCUT2D eigenvalue weighted by atomic mass is 32.1. The molecule has 3 nitrogen and oxygen atoms in total. The van der Waals surface area contributed by atoms with Crippen molar-refractivity contribution in [1.82, 2.24) is 15.1 Å². The quantitative estimate of drug-likeness (QED) is 0.637. The van der Waals surface area contributed by atoms with Gasteiger partial charge in [-0.05, 0) is 41.9 Å². The predicted molar refractivity (Wildman–Crippen MR) is 89.9 cm³/mol. The monoisotopic (exact) mass is 317 g/mol. The van der Waals surface area contributed by atoms with Gasteiger partial charge in [0.1, 0.15) is 0 Å². The van der Waals surface area contributed by atoms with Crippen LogP contribution in [0.15, 0.2) is 53.5 Å². The molecule has 5 heteroatoms. The maximum absolute atomic E-state index is 4.24. The SMILES string of the molecule is c1csc(CC(NCCCn2cccn2)c2cccs2)c1. The normalized spacial score (nSPS) is 12.6. The number of aryl methyl sites for hydroxylation is 1. The number of aromatic nitrogens is 2. The zero-order valence-electron chi connectivity index (χ0n) is 11.8. The Kier molecular flexibility index (Phi) is 5.21. The zero-order valence-corrected chi connectivity index (χ0v) is 13.4. The van der Waals surface area contributed by atoms with Crippen LogP contribution < -0.4 is 5.32 Å². The van der Waals surface area contributed by atoms with Crippen molar-refractivity contribution < 1.29 is 0 Å². The van der Waals surface area contributed by atoms with Crippen molar-refractivity contribution >= 4 is 22.7 Å². The fourth-order valence-corrected chi connectivity index (χ4v) is 3.90. The molecule has 0 saturated carbocycles. The molecule has 3 aromatic rings. The molecule has 0 bridgehead atoms. The number of rotatable bonds is 8. The minimum atomic E-state index is 0.418. The van der Waals surface area contributed by atoms with Gasteiger partial charge in [0, 0.05) is 41.2 Å². The molecule has 0 fully saturated rings. The van der Waals surface area contributed by atoms with Crippen molar-refractivity contribution in [2.24, 2.45) is 0 Å². The Balaban J connectivity index is 1.52. The second-order valence-electron chi connectivity index (χ2n) is 4.93. The molecule has 1 atom stereocenters. The Morgan fingerprint density at radius 3 is 2.76 bits per heavy atom. The van der Waals surface area contributed by atoms with Gasteiger partial charge in [0.15, 0.2) is 0 Å². The molecule has 21 heavy (non-hydrogen) atoms. The molecule has 0 aromatic carbocycles. The molecular formula is C16H19N3S2. The fourth-order valence-electron chi connectivity index (χ4n) is 2.34. The largest absolute Gasteiger partial charge is 0.309 e. The Morgan fingerprint density at radius 2 is 2.05 bits per heavy atom. The number of thiophene rings is 2. The second-order valence-corrected chi connectivity index (χ2v) is 6.94. The van der Waals surface area contributed by atoms with Crippen LogP contribution in [0, 0.1) is 0 Å². The van der Waals surface area contributed by atoms with Crippen molar-refractivity contribution in [1.29, 1.82) is 0 Å². The molecule has 3 rings (SSSR count). The van der Waals surface area contributed by atoms with Crippen LogP contribution >= 0.6 is 22.7 Å². The van der Waals surface area contributed by atoms with E-state index in [1.807, 2.05) is 45.8 Å². The molecule has 3 aromatic heterocycles. The summed E-state index contributed by atoms with van der Waals surface area (Å²) in [4.78, 5) is 2.86. The highest BCUT2D eigenvalue weighted by Crippen LogP contribution is 2.24. The minimum Gasteiger partial charge on any atom is -0.309 e. The van der Waals surface area contributed by atoms with Gasteiger partial charge in [0.05, 0.1) is 0 Å². The second kappa shape index (κ2) is 7.54. The third-order valence-corrected chi connectivity index (χ3v) is 5.27. The summed E-state index contributed by atoms with van der Waals surface area (Å²) in [6.07, 6.45) is 6.01. The van der Waals surface area contributed by atoms with Crippen LogP contribution in [0.3, 0.4) is 0 Å². The van der Waals surface area contributed by atoms with Crippen molar-refractivity contribution in [3.05, 3.63) is 63.2 Å². The van der Waals surface area contributed by atoms with Crippen LogP contribution in [0.2, 0.25) is 0 Å². The van der Waals surface area contributed by atoms with E-state index >= 15 is 0 Å². The lowest BCUT2D eigenvalue weighted by molar-refractivity contribution is 0.491. The van der Waals surface area contributed by atoms with Gasteiger partial charge in [0.2, 0.25) is 0 Å². The van der Waals surface area contributed by atoms with E-state index in [4.69, 9.17) is 0 Å². The molecule has 0 saturated heterocycles. The molecule has 1 N–H and O–H groups in total. The minimum absolute atomic E-state index is 0.418. The molecule has 3 heterocycles. The van der Waals surface area contributed by atoms with Crippen LogP contribution in [0.4, 0.5) is 0 Å². The maximum Gasteiger partial charge on any atom is 0.0489 e. The molecule has 0 aliphatic heterocycles. The summed E-state index contributed by atoms with van der Waals surface area (Å²) in [6, 6.07) is 11.1. The number of hydrogen-bond donors (Lipinski definition) is 1. The third kappa shape index (κ3) is 4.27. The van der Waals surface area contributed by atoms with Crippen LogP contribution in [0.25, 0.3) is 0 Å². The first-order valence-electron chi connectivity index (χ1n) is 7.18. The summed E-state index contributed by atoms with van der Waals surface area (Å²) in [5.41, 5.74) is 0. The van der Waals surface area contributed by atoms with E-state index in [2.05, 4.69) is 45.4 Å². The standard InChI is InChI=1S/C16H19N3S2/c1-5-14(20-11-1)13-15(16-6-2-12-21-16)17-7-3-9-19-10-4-8-18-19/h1-2,4-6,8,10-12,15,17H,3,7,9,13H2. The van der Waals surface area contributed by atoms with E-state index in [0.29, 0.717) is 6.04 Å². The first-order chi connectivity index (χ1) is 10.4. The van der Waals surface area contributed by atoms with Gasteiger partial charge in [-0.25, -0.2) is 0 Å². The van der Waals surface area contributed by atoms with E-state index < -0.39 is 0 Å². The maximum atomic E-state index is 4.24. The summed E-state index contributed by atoms with van der Waals surface area (Å²) >= 11 is 3.67. The van der Waals surface area contributed by atoms with Crippen molar-refractivity contribution in [3.63, 3.8) is 0 Å². The summed E-state index contributed by atoms with van der Waals surface area (Å²) < 4.78 is 1.99. The highest BCUT2D eigenvalue weighted by Gasteiger charge is 2.13. The summed E-state index contributed by atoms with van der Waals surface area (Å²) in [6.45, 7) is 1.98. The first kappa shape index (κ1) is 14.5. The molecule has 1 unspecified atom stereocenters. The van der Waals surface area contributed by atoms with Gasteiger partial charge < -0.3 is 5.32 Å². The number of nitrogens with zero attached hydrogens (tertiary/aromatic N) is 2. The third-order valence-electron chi connectivity index (χ3n) is 3.39. The van der Waals surface area contributed by atoms with Crippen molar-refractivity contribution in [3.8, 4) is 0 Å². The van der Waals surface area contributed by atoms with Gasteiger partial charge in [-0.15, -0.1) is 22.7 Å². The Hall–Kier alpha value is -1.43. The lowest BCUT2D eigenvalue weighted by atomic mass is 10.1. The number of hydrogen-bond acceptors (Lipinski definition) is 4. The van der Waals surface area contributed by atoms with E-state index in [-0.39, 0.29) is 0 Å². The lowest BCUT2D eigenvalue weighted by Gasteiger charge is -2.17. The summed E-state index contributed by atoms with van der Waals surface area (Å²) in [7, 11) is 0. The Labute approximate surface area is 133 Å². The Morgan fingerprint density at radius 1 is 1.14 bits per heavy atom. The van der Waals surface area contributed by atoms with E-state index in [1.165, 1.54) is 9.75 Å². The van der Waals surface area contributed by atoms with Crippen molar-refractivity contribution in [2.45, 2.75) is 25.4 Å². The van der Waals surface area contributed by atoms with E-state index in [9.17, 15) is 0 Å². The fraction of sp³-hybridized carbons (Fsp3) is 0.312. The van der Waals surface area contributed by atoms with Gasteiger partial charge >= 0.3 is 0 Å². The molecule has 0 aliphatic carbocycles. The molecule has 0 amide bonds. The van der Waals surface area contributed by atoms with E-state index in [1.54, 1.807) is 0 Å². The summed E-state index contributed by atoms with van der Waals surface area (Å²) in [5.74, 6) is 0. The molecule has 0 aliphatic rings. The van der Waals surface area contributed by atoms with Gasteiger partial charge in [-0.2, -0.15) is 5.10 Å². The van der Waals surface area contributed by atoms with E-state index in [0.717, 1.165) is 25.9 Å². The molecular weight excluding hydrogens is 298 g/mol. The number of nitrogens with one attached hydrogen (secondary N) is 1. The van der Waals surface area contributed by atoms with Crippen molar-refractivity contribution in [2.75, 3.05) is 6.54 Å². The van der Waals surface area contributed by atoms with Gasteiger partial charge in [0.25, 0.3) is 0 Å². The molecule has 0 spiro atoms. The van der Waals surface area contributed by atoms with Crippen LogP contribution in [0.5, 0.6) is 0 Å². The zero-order chi connectivity index (χ0) is 14.3. The topological polar surface area (TPSA) is 29.9 Å². The van der Waals surface area contributed by atoms with Crippen LogP contribution in [0.1, 0.15) is 22.2 Å². The van der Waals surface area contributed by atoms with Gasteiger partial charge in [-0.1, -0.05) is 12.1 Å². The highest BCUT2D eigenvalue weighted by molar-refractivity contribution is 7.10. The molecule has 110 valence electrons. The lowest BCUT2D eigenvalue weighted by Crippen LogP contribution is -2.24. The predicted octanol–water partition coefficient (Wildman–Crippen LogP) is 3.97. The van der Waals surface area contributed by atoms with Crippen LogP contribution in [-0.4, -0.2) is 16.3 Å². The average Bonchev–Trinajstić information content (AvgIpc) is 3.25. The van der Waals surface area contributed by atoms with Gasteiger partial charge in [-0.3, -0.25) is 4.68 Å². The average molecular weight is 317 g/mol. The molecule has 0 radical (unpaired) electrons. The summed E-state index contributed by atoms with van der Waals surface area (Å²) in [5, 5.41) is 12.2. The van der Waals surface area contributed by atoms with Crippen LogP contribution in [-0.2, 0) is 13.0 Å². The smallest absolute Gasteiger partial charge is 0.0489 e.